The van der Waals surface area contributed by atoms with E-state index in [4.69, 9.17) is 0 Å². The summed E-state index contributed by atoms with van der Waals surface area (Å²) in [6, 6.07) is 9.16. The summed E-state index contributed by atoms with van der Waals surface area (Å²) >= 11 is 0. The van der Waals surface area contributed by atoms with Crippen molar-refractivity contribution >= 4 is 0 Å². The third kappa shape index (κ3) is 1.74. The first-order valence-electron chi connectivity index (χ1n) is 4.93. The highest BCUT2D eigenvalue weighted by atomic mass is 15.0. The molecule has 2 heteroatoms. The van der Waals surface area contributed by atoms with E-state index < -0.39 is 0 Å². The van der Waals surface area contributed by atoms with Crippen LogP contribution < -0.4 is 10.6 Å². The molecule has 0 aromatic heterocycles. The molecule has 13 heavy (non-hydrogen) atoms. The van der Waals surface area contributed by atoms with Crippen molar-refractivity contribution in [2.24, 2.45) is 0 Å². The number of hydrogen-bond acceptors (Lipinski definition) is 2. The van der Waals surface area contributed by atoms with Crippen molar-refractivity contribution in [3.8, 4) is 0 Å². The Bertz CT molecular complexity index is 283. The largest absolute Gasteiger partial charge is 0.315 e. The molecule has 0 aliphatic carbocycles. The summed E-state index contributed by atoms with van der Waals surface area (Å²) in [4.78, 5) is 0. The number of likely N-dealkylation sites (N-methyl/N-ethyl adjacent to an activating group) is 1. The van der Waals surface area contributed by atoms with Gasteiger partial charge in [-0.05, 0) is 17.7 Å². The zero-order valence-corrected chi connectivity index (χ0v) is 8.01. The fraction of sp³-hybridized carbons (Fsp3) is 0.455. The average molecular weight is 176 g/mol. The fourth-order valence-corrected chi connectivity index (χ4v) is 1.85. The molecule has 1 aliphatic rings. The summed E-state index contributed by atoms with van der Waals surface area (Å²) in [5.41, 5.74) is 2.91. The van der Waals surface area contributed by atoms with Gasteiger partial charge in [-0.25, -0.2) is 0 Å². The van der Waals surface area contributed by atoms with E-state index >= 15 is 0 Å². The van der Waals surface area contributed by atoms with Crippen LogP contribution in [0.5, 0.6) is 0 Å². The summed E-state index contributed by atoms with van der Waals surface area (Å²) in [5, 5.41) is 6.86. The second-order valence-corrected chi connectivity index (χ2v) is 3.44. The predicted octanol–water partition coefficient (Wildman–Crippen LogP) is 1.44. The van der Waals surface area contributed by atoms with Crippen LogP contribution in [0.4, 0.5) is 0 Å². The third-order valence-corrected chi connectivity index (χ3v) is 2.57. The highest BCUT2D eigenvalue weighted by Crippen LogP contribution is 2.23. The highest BCUT2D eigenvalue weighted by Gasteiger charge is 2.19. The summed E-state index contributed by atoms with van der Waals surface area (Å²) in [7, 11) is 0. The lowest BCUT2D eigenvalue weighted by molar-refractivity contribution is 0.533. The molecule has 2 rings (SSSR count). The van der Waals surface area contributed by atoms with Gasteiger partial charge in [0, 0.05) is 19.1 Å². The Morgan fingerprint density at radius 3 is 3.15 bits per heavy atom. The molecule has 70 valence electrons. The summed E-state index contributed by atoms with van der Waals surface area (Å²) < 4.78 is 0. The first kappa shape index (κ1) is 8.73. The molecule has 0 saturated carbocycles. The van der Waals surface area contributed by atoms with Crippen LogP contribution in [0.15, 0.2) is 24.3 Å². The van der Waals surface area contributed by atoms with Crippen LogP contribution in [-0.4, -0.2) is 13.1 Å². The fourth-order valence-electron chi connectivity index (χ4n) is 1.85. The first-order chi connectivity index (χ1) is 6.42. The van der Waals surface area contributed by atoms with Crippen LogP contribution in [0.2, 0.25) is 0 Å². The van der Waals surface area contributed by atoms with Gasteiger partial charge in [0.15, 0.2) is 0 Å². The minimum atomic E-state index is 0.510. The van der Waals surface area contributed by atoms with Crippen LogP contribution >= 0.6 is 0 Å². The second kappa shape index (κ2) is 3.90. The monoisotopic (exact) mass is 176 g/mol. The Hall–Kier alpha value is -0.860. The topological polar surface area (TPSA) is 24.1 Å². The summed E-state index contributed by atoms with van der Waals surface area (Å²) in [6.07, 6.45) is 0. The minimum Gasteiger partial charge on any atom is -0.315 e. The van der Waals surface area contributed by atoms with Gasteiger partial charge in [-0.1, -0.05) is 31.2 Å². The predicted molar refractivity (Wildman–Crippen MR) is 54.6 cm³/mol. The van der Waals surface area contributed by atoms with Gasteiger partial charge in [0.2, 0.25) is 0 Å². The van der Waals surface area contributed by atoms with Gasteiger partial charge in [0.1, 0.15) is 0 Å². The van der Waals surface area contributed by atoms with E-state index in [2.05, 4.69) is 41.8 Å². The molecule has 0 fully saturated rings. The molecular weight excluding hydrogens is 160 g/mol. The smallest absolute Gasteiger partial charge is 0.0452 e. The van der Waals surface area contributed by atoms with Crippen molar-refractivity contribution in [3.63, 3.8) is 0 Å². The maximum absolute atomic E-state index is 3.49. The lowest BCUT2D eigenvalue weighted by Crippen LogP contribution is -2.26. The lowest BCUT2D eigenvalue weighted by atomic mass is 10.1. The van der Waals surface area contributed by atoms with Crippen molar-refractivity contribution in [3.05, 3.63) is 35.4 Å². The molecule has 1 atom stereocenters. The molecule has 1 aromatic carbocycles. The van der Waals surface area contributed by atoms with E-state index in [1.54, 1.807) is 0 Å². The Kier molecular flexibility index (Phi) is 2.62. The molecule has 0 bridgehead atoms. The van der Waals surface area contributed by atoms with E-state index in [0.717, 1.165) is 19.6 Å². The molecule has 1 unspecified atom stereocenters. The molecule has 0 spiro atoms. The molecule has 1 heterocycles. The Morgan fingerprint density at radius 1 is 1.46 bits per heavy atom. The number of rotatable bonds is 3. The highest BCUT2D eigenvalue weighted by molar-refractivity contribution is 5.33. The number of fused-ring (bicyclic) bond motifs is 1. The standard InChI is InChI=1S/C11H16N2/c1-2-12-8-11-10-6-4-3-5-9(10)7-13-11/h3-6,11-13H,2,7-8H2,1H3. The lowest BCUT2D eigenvalue weighted by Gasteiger charge is -2.11. The van der Waals surface area contributed by atoms with Gasteiger partial charge in [0.05, 0.1) is 0 Å². The Morgan fingerprint density at radius 2 is 2.31 bits per heavy atom. The van der Waals surface area contributed by atoms with E-state index in [1.807, 2.05) is 0 Å². The summed E-state index contributed by atoms with van der Waals surface area (Å²) in [6.45, 7) is 5.24. The zero-order valence-electron chi connectivity index (χ0n) is 8.01. The van der Waals surface area contributed by atoms with Crippen LogP contribution in [0.1, 0.15) is 24.1 Å². The molecule has 1 aromatic rings. The van der Waals surface area contributed by atoms with E-state index in [1.165, 1.54) is 11.1 Å². The van der Waals surface area contributed by atoms with Crippen molar-refractivity contribution < 1.29 is 0 Å². The molecule has 2 nitrogen and oxygen atoms in total. The van der Waals surface area contributed by atoms with Crippen LogP contribution in [-0.2, 0) is 6.54 Å². The maximum Gasteiger partial charge on any atom is 0.0452 e. The van der Waals surface area contributed by atoms with Crippen LogP contribution in [0, 0.1) is 0 Å². The third-order valence-electron chi connectivity index (χ3n) is 2.57. The quantitative estimate of drug-likeness (QED) is 0.728. The SMILES string of the molecule is CCNCC1NCc2ccccc21. The molecule has 0 radical (unpaired) electrons. The van der Waals surface area contributed by atoms with E-state index in [0.29, 0.717) is 6.04 Å². The summed E-state index contributed by atoms with van der Waals surface area (Å²) in [5.74, 6) is 0. The van der Waals surface area contributed by atoms with Gasteiger partial charge in [0.25, 0.3) is 0 Å². The first-order valence-corrected chi connectivity index (χ1v) is 4.93. The molecule has 1 aliphatic heterocycles. The van der Waals surface area contributed by atoms with Gasteiger partial charge in [-0.3, -0.25) is 0 Å². The van der Waals surface area contributed by atoms with Crippen molar-refractivity contribution in [2.75, 3.05) is 13.1 Å². The molecular formula is C11H16N2. The zero-order chi connectivity index (χ0) is 9.10. The minimum absolute atomic E-state index is 0.510. The van der Waals surface area contributed by atoms with E-state index in [9.17, 15) is 0 Å². The molecule has 0 saturated heterocycles. The van der Waals surface area contributed by atoms with Crippen LogP contribution in [0.25, 0.3) is 0 Å². The Balaban J connectivity index is 2.09. The average Bonchev–Trinajstić information content (AvgIpc) is 2.58. The molecule has 2 N–H and O–H groups in total. The van der Waals surface area contributed by atoms with Crippen LogP contribution in [0.3, 0.4) is 0 Å². The number of nitrogens with one attached hydrogen (secondary N) is 2. The number of hydrogen-bond donors (Lipinski definition) is 2. The molecule has 0 amide bonds. The number of benzene rings is 1. The van der Waals surface area contributed by atoms with Gasteiger partial charge in [-0.2, -0.15) is 0 Å². The Labute approximate surface area is 79.4 Å². The second-order valence-electron chi connectivity index (χ2n) is 3.44. The van der Waals surface area contributed by atoms with Gasteiger partial charge < -0.3 is 10.6 Å². The normalized spacial score (nSPS) is 20.2. The maximum atomic E-state index is 3.49. The van der Waals surface area contributed by atoms with Gasteiger partial charge >= 0.3 is 0 Å². The van der Waals surface area contributed by atoms with Crippen molar-refractivity contribution in [1.29, 1.82) is 0 Å². The van der Waals surface area contributed by atoms with E-state index in [-0.39, 0.29) is 0 Å². The van der Waals surface area contributed by atoms with Crippen molar-refractivity contribution in [2.45, 2.75) is 19.5 Å². The van der Waals surface area contributed by atoms with Gasteiger partial charge in [-0.15, -0.1) is 0 Å². The van der Waals surface area contributed by atoms with Crippen molar-refractivity contribution in [1.82, 2.24) is 10.6 Å².